The zero-order valence-electron chi connectivity index (χ0n) is 44.9. The van der Waals surface area contributed by atoms with Gasteiger partial charge in [-0.15, -0.1) is 0 Å². The highest BCUT2D eigenvalue weighted by molar-refractivity contribution is 6.13. The van der Waals surface area contributed by atoms with E-state index in [2.05, 4.69) is 336 Å². The molecule has 0 atom stereocenters. The second-order valence-corrected chi connectivity index (χ2v) is 21.6. The summed E-state index contributed by atoms with van der Waals surface area (Å²) in [6.45, 7) is 0. The van der Waals surface area contributed by atoms with Crippen molar-refractivity contribution in [3.05, 3.63) is 344 Å². The molecular formula is C79H53N3. The van der Waals surface area contributed by atoms with E-state index in [0.717, 1.165) is 34.1 Å². The van der Waals surface area contributed by atoms with Crippen molar-refractivity contribution in [3.8, 4) is 61.3 Å². The van der Waals surface area contributed by atoms with Crippen molar-refractivity contribution in [2.24, 2.45) is 0 Å². The lowest BCUT2D eigenvalue weighted by Gasteiger charge is -2.40. The molecular weight excluding hydrogens is 991 g/mol. The van der Waals surface area contributed by atoms with E-state index in [1.54, 1.807) is 0 Å². The van der Waals surface area contributed by atoms with Crippen molar-refractivity contribution in [2.45, 2.75) is 5.41 Å². The third kappa shape index (κ3) is 7.51. The van der Waals surface area contributed by atoms with Gasteiger partial charge < -0.3 is 14.4 Å². The SMILES string of the molecule is c1ccc(-c2ccc(N(c3ccc(-c4ccccc4)cc3)c3ccc4c(c3)C3(c5cc(N(c6ccc(-c7ccccc7)cc6)c6ccc(-c7ccccc7)cc6)ccc5-4)c4ccccc4-n4c5ccccc5c5cccc3c54)cc2)cc1. The Morgan fingerprint density at radius 3 is 0.988 bits per heavy atom. The standard InChI is InChI=1S/C79H53N3/c1-5-18-54(19-6-1)58-32-40-62(41-33-58)80(63-42-34-59(35-43-63)55-20-7-2-8-21-55)66-48-50-68-69-51-49-67(81(64-44-36-60(37-45-64)56-22-9-3-10-23-56)65-46-38-61(39-47-65)57-24-11-4-12-25-57)53-75(69)79(74(68)52-66)72-28-14-16-31-77(72)82-76-30-15-13-26-70(76)71-27-17-29-73(79)78(71)82/h1-53H. The van der Waals surface area contributed by atoms with E-state index in [9.17, 15) is 0 Å². The Morgan fingerprint density at radius 1 is 0.232 bits per heavy atom. The van der Waals surface area contributed by atoms with Crippen LogP contribution in [-0.2, 0) is 5.41 Å². The third-order valence-electron chi connectivity index (χ3n) is 17.2. The van der Waals surface area contributed by atoms with E-state index in [1.807, 2.05) is 0 Å². The van der Waals surface area contributed by atoms with Crippen LogP contribution in [-0.4, -0.2) is 4.57 Å². The van der Waals surface area contributed by atoms with E-state index >= 15 is 0 Å². The van der Waals surface area contributed by atoms with Crippen molar-refractivity contribution in [1.82, 2.24) is 4.57 Å². The zero-order valence-corrected chi connectivity index (χ0v) is 44.9. The first-order chi connectivity index (χ1) is 40.7. The molecule has 3 nitrogen and oxygen atoms in total. The molecule has 1 spiro atoms. The molecule has 0 unspecified atom stereocenters. The Labute approximate surface area is 478 Å². The summed E-state index contributed by atoms with van der Waals surface area (Å²) in [5, 5.41) is 2.50. The van der Waals surface area contributed by atoms with Crippen molar-refractivity contribution in [1.29, 1.82) is 0 Å². The number of rotatable bonds is 10. The van der Waals surface area contributed by atoms with E-state index in [-0.39, 0.29) is 0 Å². The summed E-state index contributed by atoms with van der Waals surface area (Å²) in [5.74, 6) is 0. The average molecular weight is 1040 g/mol. The van der Waals surface area contributed by atoms with Crippen LogP contribution in [0.1, 0.15) is 22.3 Å². The molecule has 0 radical (unpaired) electrons. The Balaban J connectivity index is 0.936. The number of hydrogen-bond donors (Lipinski definition) is 0. The lowest BCUT2D eigenvalue weighted by molar-refractivity contribution is 0.748. The largest absolute Gasteiger partial charge is 0.310 e. The number of hydrogen-bond acceptors (Lipinski definition) is 2. The maximum atomic E-state index is 2.54. The Bertz CT molecular complexity index is 4300. The first-order valence-electron chi connectivity index (χ1n) is 28.3. The van der Waals surface area contributed by atoms with Crippen LogP contribution in [0.3, 0.4) is 0 Å². The smallest absolute Gasteiger partial charge is 0.0756 e. The van der Waals surface area contributed by atoms with Gasteiger partial charge >= 0.3 is 0 Å². The Hall–Kier alpha value is -10.7. The predicted octanol–water partition coefficient (Wildman–Crippen LogP) is 21.1. The summed E-state index contributed by atoms with van der Waals surface area (Å²) < 4.78 is 2.54. The molecule has 384 valence electrons. The highest BCUT2D eigenvalue weighted by atomic mass is 15.1. The van der Waals surface area contributed by atoms with Gasteiger partial charge in [-0.05, 0) is 163 Å². The first kappa shape index (κ1) is 47.3. The fourth-order valence-corrected chi connectivity index (χ4v) is 13.5. The zero-order chi connectivity index (χ0) is 54.1. The molecule has 0 bridgehead atoms. The molecule has 1 aliphatic carbocycles. The summed E-state index contributed by atoms with van der Waals surface area (Å²) in [5.41, 5.74) is 26.4. The van der Waals surface area contributed by atoms with Gasteiger partial charge in [-0.3, -0.25) is 0 Å². The van der Waals surface area contributed by atoms with Crippen LogP contribution < -0.4 is 9.80 Å². The summed E-state index contributed by atoms with van der Waals surface area (Å²) in [7, 11) is 0. The molecule has 82 heavy (non-hydrogen) atoms. The van der Waals surface area contributed by atoms with Gasteiger partial charge in [-0.25, -0.2) is 0 Å². The molecule has 16 rings (SSSR count). The summed E-state index contributed by atoms with van der Waals surface area (Å²) in [6, 6.07) is 119. The third-order valence-corrected chi connectivity index (χ3v) is 17.2. The molecule has 0 saturated carbocycles. The maximum Gasteiger partial charge on any atom is 0.0756 e. The molecule has 2 heterocycles. The molecule has 0 saturated heterocycles. The molecule has 0 fully saturated rings. The minimum atomic E-state index is -0.739. The molecule has 13 aromatic carbocycles. The van der Waals surface area contributed by atoms with Gasteiger partial charge in [-0.2, -0.15) is 0 Å². The van der Waals surface area contributed by atoms with E-state index in [1.165, 1.54) is 105 Å². The van der Waals surface area contributed by atoms with Crippen molar-refractivity contribution in [2.75, 3.05) is 9.80 Å². The normalized spacial score (nSPS) is 12.5. The fourth-order valence-electron chi connectivity index (χ4n) is 13.5. The monoisotopic (exact) mass is 1040 g/mol. The van der Waals surface area contributed by atoms with Crippen LogP contribution in [0.4, 0.5) is 34.1 Å². The Kier molecular flexibility index (Phi) is 11.1. The van der Waals surface area contributed by atoms with Crippen molar-refractivity contribution in [3.63, 3.8) is 0 Å². The number of para-hydroxylation sites is 3. The molecule has 2 aliphatic rings. The minimum Gasteiger partial charge on any atom is -0.310 e. The number of fused-ring (bicyclic) bond motifs is 12. The van der Waals surface area contributed by atoms with Crippen LogP contribution in [0.15, 0.2) is 322 Å². The highest BCUT2D eigenvalue weighted by Gasteiger charge is 2.51. The van der Waals surface area contributed by atoms with E-state index in [0.29, 0.717) is 0 Å². The lowest BCUT2D eigenvalue weighted by Crippen LogP contribution is -2.33. The van der Waals surface area contributed by atoms with Crippen LogP contribution in [0.25, 0.3) is 83.1 Å². The number of benzene rings is 13. The second kappa shape index (κ2) is 19.3. The number of nitrogens with zero attached hydrogens (tertiary/aromatic N) is 3. The molecule has 3 heteroatoms. The number of anilines is 6. The molecule has 1 aromatic heterocycles. The van der Waals surface area contributed by atoms with Gasteiger partial charge in [0.15, 0.2) is 0 Å². The molecule has 14 aromatic rings. The number of aromatic nitrogens is 1. The van der Waals surface area contributed by atoms with Gasteiger partial charge in [0.05, 0.1) is 22.1 Å². The molecule has 0 N–H and O–H groups in total. The minimum absolute atomic E-state index is 0.739. The molecule has 1 aliphatic heterocycles. The Morgan fingerprint density at radius 2 is 0.561 bits per heavy atom. The summed E-state index contributed by atoms with van der Waals surface area (Å²) >= 11 is 0. The van der Waals surface area contributed by atoms with Crippen LogP contribution in [0.2, 0.25) is 0 Å². The quantitative estimate of drug-likeness (QED) is 0.135. The summed E-state index contributed by atoms with van der Waals surface area (Å²) in [4.78, 5) is 4.89. The topological polar surface area (TPSA) is 11.4 Å². The van der Waals surface area contributed by atoms with Crippen LogP contribution in [0.5, 0.6) is 0 Å². The van der Waals surface area contributed by atoms with Gasteiger partial charge in [0.1, 0.15) is 0 Å². The van der Waals surface area contributed by atoms with Crippen molar-refractivity contribution < 1.29 is 0 Å². The van der Waals surface area contributed by atoms with Crippen LogP contribution in [0, 0.1) is 0 Å². The van der Waals surface area contributed by atoms with Gasteiger partial charge in [0.2, 0.25) is 0 Å². The highest BCUT2D eigenvalue weighted by Crippen LogP contribution is 2.63. The van der Waals surface area contributed by atoms with Gasteiger partial charge in [-0.1, -0.05) is 237 Å². The summed E-state index contributed by atoms with van der Waals surface area (Å²) in [6.07, 6.45) is 0. The second-order valence-electron chi connectivity index (χ2n) is 21.6. The predicted molar refractivity (Wildman–Crippen MR) is 343 cm³/mol. The maximum absolute atomic E-state index is 2.54. The molecule has 0 amide bonds. The van der Waals surface area contributed by atoms with Gasteiger partial charge in [0.25, 0.3) is 0 Å². The van der Waals surface area contributed by atoms with E-state index < -0.39 is 5.41 Å². The average Bonchev–Trinajstić information content (AvgIpc) is 4.06. The fraction of sp³-hybridized carbons (Fsp3) is 0.0127. The lowest BCUT2D eigenvalue weighted by atomic mass is 9.65. The van der Waals surface area contributed by atoms with E-state index in [4.69, 9.17) is 0 Å². The van der Waals surface area contributed by atoms with Crippen molar-refractivity contribution >= 4 is 55.9 Å². The van der Waals surface area contributed by atoms with Crippen LogP contribution >= 0.6 is 0 Å². The van der Waals surface area contributed by atoms with Gasteiger partial charge in [0, 0.05) is 44.9 Å². The first-order valence-corrected chi connectivity index (χ1v) is 28.3.